The van der Waals surface area contributed by atoms with Crippen molar-refractivity contribution in [3.63, 3.8) is 0 Å². The highest BCUT2D eigenvalue weighted by atomic mass is 35.5. The molecule has 2 rings (SSSR count). The lowest BCUT2D eigenvalue weighted by atomic mass is 10.1. The van der Waals surface area contributed by atoms with Crippen molar-refractivity contribution < 1.29 is 9.53 Å². The molecule has 1 atom stereocenters. The quantitative estimate of drug-likeness (QED) is 0.350. The van der Waals surface area contributed by atoms with Crippen LogP contribution in [0.2, 0.25) is 0 Å². The number of hydrogen-bond acceptors (Lipinski definition) is 5. The van der Waals surface area contributed by atoms with Gasteiger partial charge in [0.2, 0.25) is 0 Å². The molecule has 0 spiro atoms. The van der Waals surface area contributed by atoms with Gasteiger partial charge in [0.15, 0.2) is 0 Å². The Hall–Kier alpha value is -1.66. The normalized spacial score (nSPS) is 15.7. The average Bonchev–Trinajstić information content (AvgIpc) is 2.75. The molecule has 164 valence electrons. The number of hydrogen-bond donors (Lipinski definition) is 1. The lowest BCUT2D eigenvalue weighted by Gasteiger charge is -2.19. The molecule has 0 fully saturated rings. The second-order valence-corrected chi connectivity index (χ2v) is 7.78. The van der Waals surface area contributed by atoms with Crippen molar-refractivity contribution in [1.82, 2.24) is 10.2 Å². The lowest BCUT2D eigenvalue weighted by molar-refractivity contribution is -0.143. The van der Waals surface area contributed by atoms with E-state index in [1.807, 2.05) is 36.4 Å². The highest BCUT2D eigenvalue weighted by molar-refractivity contribution is 6.18. The maximum absolute atomic E-state index is 12.0. The van der Waals surface area contributed by atoms with E-state index in [9.17, 15) is 4.79 Å². The third-order valence-electron chi connectivity index (χ3n) is 4.78. The fraction of sp³-hybridized carbons (Fsp3) is 0.478. The molecule has 0 heterocycles. The summed E-state index contributed by atoms with van der Waals surface area (Å²) in [5.74, 6) is 0.860. The van der Waals surface area contributed by atoms with Gasteiger partial charge < -0.3 is 10.1 Å². The molecule has 1 aliphatic carbocycles. The summed E-state index contributed by atoms with van der Waals surface area (Å²) in [6.45, 7) is 5.09. The first-order valence-electron chi connectivity index (χ1n) is 10.4. The van der Waals surface area contributed by atoms with Gasteiger partial charge in [-0.1, -0.05) is 36.4 Å². The van der Waals surface area contributed by atoms with Gasteiger partial charge in [0.25, 0.3) is 0 Å². The third kappa shape index (κ3) is 9.00. The van der Waals surface area contributed by atoms with Gasteiger partial charge in [0.05, 0.1) is 12.1 Å². The van der Waals surface area contributed by atoms with Crippen LogP contribution in [-0.4, -0.2) is 61.1 Å². The maximum atomic E-state index is 12.0. The number of aliphatic imine (C=N–C) groups is 1. The van der Waals surface area contributed by atoms with Crippen LogP contribution >= 0.6 is 23.2 Å². The topological polar surface area (TPSA) is 53.9 Å². The Morgan fingerprint density at radius 2 is 1.97 bits per heavy atom. The van der Waals surface area contributed by atoms with E-state index in [2.05, 4.69) is 29.3 Å². The summed E-state index contributed by atoms with van der Waals surface area (Å²) in [6, 6.07) is 8.17. The van der Waals surface area contributed by atoms with Crippen molar-refractivity contribution >= 4 is 40.6 Å². The van der Waals surface area contributed by atoms with E-state index < -0.39 is 0 Å². The monoisotopic (exact) mass is 451 g/mol. The van der Waals surface area contributed by atoms with Gasteiger partial charge in [-0.15, -0.1) is 23.2 Å². The molecule has 0 aromatic heterocycles. The maximum Gasteiger partial charge on any atom is 0.307 e. The van der Waals surface area contributed by atoms with Gasteiger partial charge in [0, 0.05) is 56.1 Å². The summed E-state index contributed by atoms with van der Waals surface area (Å²) in [4.78, 5) is 18.9. The fourth-order valence-electron chi connectivity index (χ4n) is 3.13. The molecule has 0 unspecified atom stereocenters. The Morgan fingerprint density at radius 1 is 1.20 bits per heavy atom. The Morgan fingerprint density at radius 3 is 2.67 bits per heavy atom. The third-order valence-corrected chi connectivity index (χ3v) is 5.12. The first-order chi connectivity index (χ1) is 14.6. The molecular formula is C23H31Cl2N3O2. The highest BCUT2D eigenvalue weighted by Crippen LogP contribution is 2.26. The van der Waals surface area contributed by atoms with E-state index in [4.69, 9.17) is 32.9 Å². The number of benzene rings is 1. The number of allylic oxidation sites excluding steroid dienone is 4. The molecule has 1 aliphatic rings. The smallest absolute Gasteiger partial charge is 0.307 e. The number of ether oxygens (including phenoxy) is 1. The molecule has 7 heteroatoms. The number of esters is 1. The number of rotatable bonds is 13. The molecule has 0 saturated heterocycles. The zero-order valence-corrected chi connectivity index (χ0v) is 19.0. The van der Waals surface area contributed by atoms with Gasteiger partial charge in [-0.3, -0.25) is 14.7 Å². The van der Waals surface area contributed by atoms with Crippen LogP contribution in [-0.2, 0) is 9.53 Å². The summed E-state index contributed by atoms with van der Waals surface area (Å²) < 4.78 is 5.33. The van der Waals surface area contributed by atoms with Crippen molar-refractivity contribution in [2.45, 2.75) is 25.8 Å². The van der Waals surface area contributed by atoms with Crippen LogP contribution in [0, 0.1) is 0 Å². The van der Waals surface area contributed by atoms with E-state index in [0.717, 1.165) is 36.5 Å². The average molecular weight is 452 g/mol. The molecule has 0 amide bonds. The van der Waals surface area contributed by atoms with E-state index in [1.54, 1.807) is 0 Å². The minimum atomic E-state index is -0.209. The molecule has 0 aliphatic heterocycles. The van der Waals surface area contributed by atoms with Crippen LogP contribution in [0.4, 0.5) is 5.69 Å². The van der Waals surface area contributed by atoms with Gasteiger partial charge in [0.1, 0.15) is 6.61 Å². The first kappa shape index (κ1) is 24.6. The number of nitrogens with zero attached hydrogens (tertiary/aromatic N) is 2. The van der Waals surface area contributed by atoms with Crippen LogP contribution in [0.25, 0.3) is 0 Å². The second-order valence-electron chi connectivity index (χ2n) is 7.02. The van der Waals surface area contributed by atoms with Crippen LogP contribution in [0.3, 0.4) is 0 Å². The Kier molecular flexibility index (Phi) is 11.8. The molecule has 0 radical (unpaired) electrons. The Labute approximate surface area is 189 Å². The number of carbonyl (C=O) groups is 1. The lowest BCUT2D eigenvalue weighted by Crippen LogP contribution is -2.32. The summed E-state index contributed by atoms with van der Waals surface area (Å²) in [6.07, 6.45) is 9.32. The largest absolute Gasteiger partial charge is 0.464 e. The fourth-order valence-corrected chi connectivity index (χ4v) is 3.61. The van der Waals surface area contributed by atoms with Crippen molar-refractivity contribution in [1.29, 1.82) is 0 Å². The molecule has 0 saturated carbocycles. The van der Waals surface area contributed by atoms with E-state index in [-0.39, 0.29) is 12.0 Å². The van der Waals surface area contributed by atoms with Crippen LogP contribution in [0.1, 0.15) is 31.4 Å². The first-order valence-corrected chi connectivity index (χ1v) is 11.4. The highest BCUT2D eigenvalue weighted by Gasteiger charge is 2.12. The van der Waals surface area contributed by atoms with Crippen molar-refractivity contribution in [3.05, 3.63) is 54.1 Å². The summed E-state index contributed by atoms with van der Waals surface area (Å²) in [7, 11) is 0. The van der Waals surface area contributed by atoms with Crippen LogP contribution in [0.15, 0.2) is 53.6 Å². The molecule has 30 heavy (non-hydrogen) atoms. The number of para-hydroxylation sites is 1. The minimum Gasteiger partial charge on any atom is -0.464 e. The number of nitrogens with one attached hydrogen (secondary N) is 1. The predicted octanol–water partition coefficient (Wildman–Crippen LogP) is 4.64. The van der Waals surface area contributed by atoms with Crippen molar-refractivity contribution in [3.8, 4) is 0 Å². The summed E-state index contributed by atoms with van der Waals surface area (Å²) >= 11 is 11.5. The number of carbonyl (C=O) groups excluding carboxylic acids is 1. The van der Waals surface area contributed by atoms with E-state index in [1.165, 1.54) is 0 Å². The second kappa shape index (κ2) is 14.4. The van der Waals surface area contributed by atoms with Crippen molar-refractivity contribution in [2.75, 3.05) is 44.5 Å². The zero-order chi connectivity index (χ0) is 21.6. The number of alkyl halides is 2. The van der Waals surface area contributed by atoms with Gasteiger partial charge in [-0.05, 0) is 24.6 Å². The predicted molar refractivity (Wildman–Crippen MR) is 126 cm³/mol. The molecule has 1 aromatic rings. The zero-order valence-electron chi connectivity index (χ0n) is 17.5. The molecule has 1 N–H and O–H groups in total. The summed E-state index contributed by atoms with van der Waals surface area (Å²) in [5.41, 5.74) is 3.10. The van der Waals surface area contributed by atoms with Crippen LogP contribution in [0.5, 0.6) is 0 Å². The van der Waals surface area contributed by atoms with Crippen molar-refractivity contribution in [2.24, 2.45) is 4.99 Å². The molecule has 0 bridgehead atoms. The molecule has 5 nitrogen and oxygen atoms in total. The molecular weight excluding hydrogens is 421 g/mol. The van der Waals surface area contributed by atoms with Gasteiger partial charge >= 0.3 is 5.97 Å². The molecule has 1 aromatic carbocycles. The summed E-state index contributed by atoms with van der Waals surface area (Å²) in [5, 5.41) is 3.40. The number of halogens is 2. The van der Waals surface area contributed by atoms with Crippen LogP contribution < -0.4 is 5.32 Å². The van der Waals surface area contributed by atoms with Gasteiger partial charge in [-0.25, -0.2) is 0 Å². The SMILES string of the molecule is C[C@H](NCCC(=O)OCCN(CCCl)CCCl)c1ccccc1/N=C1/C=CC=CC1. The van der Waals surface area contributed by atoms with E-state index in [0.29, 0.717) is 37.9 Å². The minimum absolute atomic E-state index is 0.0735. The Balaban J connectivity index is 1.77. The van der Waals surface area contributed by atoms with E-state index >= 15 is 0 Å². The Bertz CT molecular complexity index is 744. The van der Waals surface area contributed by atoms with Gasteiger partial charge in [-0.2, -0.15) is 0 Å². The standard InChI is InChI=1S/C23H31Cl2N3O2/c1-19(21-9-5-6-10-22(21)27-20-7-3-2-4-8-20)26-14-11-23(29)30-18-17-28(15-12-24)16-13-25/h2-7,9-10,19,26H,8,11-18H2,1H3/b27-20-/t19-/m0/s1.